The number of rotatable bonds is 6. The molecule has 0 amide bonds. The minimum atomic E-state index is 0.215. The third-order valence-electron chi connectivity index (χ3n) is 4.72. The molecule has 0 aliphatic carbocycles. The molecule has 5 nitrogen and oxygen atoms in total. The van der Waals surface area contributed by atoms with Gasteiger partial charge in [-0.05, 0) is 33.6 Å². The van der Waals surface area contributed by atoms with E-state index in [1.165, 1.54) is 12.8 Å². The van der Waals surface area contributed by atoms with Crippen LogP contribution in [0.2, 0.25) is 0 Å². The first-order valence-electron chi connectivity index (χ1n) is 8.36. The molecule has 2 atom stereocenters. The summed E-state index contributed by atoms with van der Waals surface area (Å²) in [6.45, 7) is 14.2. The van der Waals surface area contributed by atoms with Crippen molar-refractivity contribution >= 4 is 0 Å². The fourth-order valence-electron chi connectivity index (χ4n) is 3.17. The van der Waals surface area contributed by atoms with Gasteiger partial charge in [0, 0.05) is 30.7 Å². The van der Waals surface area contributed by atoms with Gasteiger partial charge < -0.3 is 5.32 Å². The maximum atomic E-state index is 4.49. The molecule has 0 aromatic carbocycles. The smallest absolute Gasteiger partial charge is 0.141 e. The average molecular weight is 293 g/mol. The van der Waals surface area contributed by atoms with E-state index >= 15 is 0 Å². The Kier molecular flexibility index (Phi) is 5.38. The summed E-state index contributed by atoms with van der Waals surface area (Å²) in [4.78, 5) is 7.09. The highest BCUT2D eigenvalue weighted by Gasteiger charge is 2.34. The highest BCUT2D eigenvalue weighted by atomic mass is 15.4. The molecule has 2 unspecified atom stereocenters. The van der Waals surface area contributed by atoms with E-state index in [1.54, 1.807) is 6.33 Å². The monoisotopic (exact) mass is 293 g/mol. The summed E-state index contributed by atoms with van der Waals surface area (Å²) in [6.07, 6.45) is 5.30. The van der Waals surface area contributed by atoms with E-state index in [2.05, 4.69) is 54.9 Å². The highest BCUT2D eigenvalue weighted by Crippen LogP contribution is 2.23. The molecule has 1 N–H and O–H groups in total. The summed E-state index contributed by atoms with van der Waals surface area (Å²) in [5, 5.41) is 8.11. The van der Waals surface area contributed by atoms with Gasteiger partial charge in [0.1, 0.15) is 12.2 Å². The zero-order valence-electron chi connectivity index (χ0n) is 14.3. The lowest BCUT2D eigenvalue weighted by atomic mass is 9.92. The van der Waals surface area contributed by atoms with Crippen molar-refractivity contribution in [2.75, 3.05) is 13.1 Å². The van der Waals surface area contributed by atoms with Crippen LogP contribution in [-0.2, 0) is 6.54 Å². The summed E-state index contributed by atoms with van der Waals surface area (Å²) in [7, 11) is 0. The van der Waals surface area contributed by atoms with Crippen molar-refractivity contribution in [2.24, 2.45) is 0 Å². The van der Waals surface area contributed by atoms with Crippen molar-refractivity contribution in [1.29, 1.82) is 0 Å². The van der Waals surface area contributed by atoms with Gasteiger partial charge >= 0.3 is 0 Å². The van der Waals surface area contributed by atoms with E-state index in [-0.39, 0.29) is 5.54 Å². The Morgan fingerprint density at radius 3 is 2.81 bits per heavy atom. The van der Waals surface area contributed by atoms with E-state index in [0.717, 1.165) is 31.9 Å². The molecular formula is C16H31N5. The molecule has 1 saturated heterocycles. The first kappa shape index (κ1) is 16.4. The van der Waals surface area contributed by atoms with E-state index in [4.69, 9.17) is 0 Å². The normalized spacial score (nSPS) is 27.4. The van der Waals surface area contributed by atoms with Gasteiger partial charge in [0.25, 0.3) is 0 Å². The summed E-state index contributed by atoms with van der Waals surface area (Å²) < 4.78 is 2.05. The standard InChI is InChI=1S/C16H31N5/c1-6-8-14-9-18-16(5,7-2)11-20(14)10-15-17-12-19-21(15)13(3)4/h12-14,18H,6-11H2,1-5H3. The van der Waals surface area contributed by atoms with Crippen LogP contribution < -0.4 is 5.32 Å². The maximum absolute atomic E-state index is 4.49. The van der Waals surface area contributed by atoms with Crippen LogP contribution in [0, 0.1) is 0 Å². The van der Waals surface area contributed by atoms with Gasteiger partial charge in [-0.1, -0.05) is 20.3 Å². The van der Waals surface area contributed by atoms with Gasteiger partial charge in [0.05, 0.1) is 6.54 Å². The van der Waals surface area contributed by atoms with E-state index in [0.29, 0.717) is 12.1 Å². The topological polar surface area (TPSA) is 46.0 Å². The van der Waals surface area contributed by atoms with Crippen LogP contribution in [0.1, 0.15) is 65.7 Å². The fraction of sp³-hybridized carbons (Fsp3) is 0.875. The van der Waals surface area contributed by atoms with Crippen molar-refractivity contribution in [2.45, 2.75) is 78.0 Å². The number of hydrogen-bond donors (Lipinski definition) is 1. The van der Waals surface area contributed by atoms with Gasteiger partial charge in [-0.2, -0.15) is 5.10 Å². The van der Waals surface area contributed by atoms with Crippen LogP contribution in [0.25, 0.3) is 0 Å². The molecule has 1 aliphatic heterocycles. The predicted octanol–water partition coefficient (Wildman–Crippen LogP) is 2.60. The Morgan fingerprint density at radius 2 is 2.19 bits per heavy atom. The average Bonchev–Trinajstić information content (AvgIpc) is 2.90. The van der Waals surface area contributed by atoms with Crippen LogP contribution in [-0.4, -0.2) is 44.3 Å². The first-order chi connectivity index (χ1) is 9.99. The molecule has 0 spiro atoms. The molecule has 0 saturated carbocycles. The highest BCUT2D eigenvalue weighted by molar-refractivity contribution is 4.97. The largest absolute Gasteiger partial charge is 0.309 e. The molecule has 5 heteroatoms. The number of nitrogens with zero attached hydrogens (tertiary/aromatic N) is 4. The molecule has 21 heavy (non-hydrogen) atoms. The van der Waals surface area contributed by atoms with Gasteiger partial charge in [-0.3, -0.25) is 4.90 Å². The lowest BCUT2D eigenvalue weighted by molar-refractivity contribution is 0.0687. The molecule has 0 bridgehead atoms. The van der Waals surface area contributed by atoms with Crippen LogP contribution in [0.15, 0.2) is 6.33 Å². The van der Waals surface area contributed by atoms with E-state index in [1.807, 2.05) is 4.68 Å². The molecule has 2 heterocycles. The lowest BCUT2D eigenvalue weighted by Crippen LogP contribution is -2.62. The van der Waals surface area contributed by atoms with Gasteiger partial charge in [0.2, 0.25) is 0 Å². The second kappa shape index (κ2) is 6.88. The van der Waals surface area contributed by atoms with Gasteiger partial charge in [-0.25, -0.2) is 9.67 Å². The molecule has 2 rings (SSSR count). The van der Waals surface area contributed by atoms with E-state index < -0.39 is 0 Å². The quantitative estimate of drug-likeness (QED) is 0.876. The summed E-state index contributed by atoms with van der Waals surface area (Å²) >= 11 is 0. The Balaban J connectivity index is 2.14. The van der Waals surface area contributed by atoms with Crippen LogP contribution in [0.4, 0.5) is 0 Å². The predicted molar refractivity (Wildman–Crippen MR) is 86.2 cm³/mol. The minimum absolute atomic E-state index is 0.215. The van der Waals surface area contributed by atoms with Gasteiger partial charge in [-0.15, -0.1) is 0 Å². The Hall–Kier alpha value is -0.940. The van der Waals surface area contributed by atoms with Crippen LogP contribution >= 0.6 is 0 Å². The van der Waals surface area contributed by atoms with Crippen molar-refractivity contribution in [3.05, 3.63) is 12.2 Å². The fourth-order valence-corrected chi connectivity index (χ4v) is 3.17. The second-order valence-electron chi connectivity index (χ2n) is 6.86. The van der Waals surface area contributed by atoms with E-state index in [9.17, 15) is 0 Å². The zero-order chi connectivity index (χ0) is 15.5. The lowest BCUT2D eigenvalue weighted by Gasteiger charge is -2.46. The maximum Gasteiger partial charge on any atom is 0.141 e. The molecule has 1 aliphatic rings. The van der Waals surface area contributed by atoms with Crippen LogP contribution in [0.5, 0.6) is 0 Å². The molecular weight excluding hydrogens is 262 g/mol. The molecule has 0 radical (unpaired) electrons. The number of piperazine rings is 1. The molecule has 1 fully saturated rings. The minimum Gasteiger partial charge on any atom is -0.309 e. The summed E-state index contributed by atoms with van der Waals surface area (Å²) in [5.74, 6) is 1.09. The van der Waals surface area contributed by atoms with Crippen molar-refractivity contribution in [1.82, 2.24) is 25.0 Å². The zero-order valence-corrected chi connectivity index (χ0v) is 14.3. The van der Waals surface area contributed by atoms with Crippen molar-refractivity contribution in [3.8, 4) is 0 Å². The SMILES string of the molecule is CCCC1CNC(C)(CC)CN1Cc1ncnn1C(C)C. The summed E-state index contributed by atoms with van der Waals surface area (Å²) in [5.41, 5.74) is 0.215. The van der Waals surface area contributed by atoms with Crippen molar-refractivity contribution < 1.29 is 0 Å². The molecule has 120 valence electrons. The Morgan fingerprint density at radius 1 is 1.43 bits per heavy atom. The summed E-state index contributed by atoms with van der Waals surface area (Å²) in [6, 6.07) is 0.972. The van der Waals surface area contributed by atoms with Crippen molar-refractivity contribution in [3.63, 3.8) is 0 Å². The molecule has 1 aromatic heterocycles. The Bertz CT molecular complexity index is 442. The number of aromatic nitrogens is 3. The second-order valence-corrected chi connectivity index (χ2v) is 6.86. The first-order valence-corrected chi connectivity index (χ1v) is 8.36. The number of hydrogen-bond acceptors (Lipinski definition) is 4. The third-order valence-corrected chi connectivity index (χ3v) is 4.72. The molecule has 1 aromatic rings. The Labute approximate surface area is 129 Å². The number of nitrogens with one attached hydrogen (secondary N) is 1. The third kappa shape index (κ3) is 3.83. The van der Waals surface area contributed by atoms with Gasteiger partial charge in [0.15, 0.2) is 0 Å². The van der Waals surface area contributed by atoms with Crippen LogP contribution in [0.3, 0.4) is 0 Å².